The zero-order chi connectivity index (χ0) is 38.7. The lowest BCUT2D eigenvalue weighted by atomic mass is 10.1. The van der Waals surface area contributed by atoms with Crippen LogP contribution in [0.3, 0.4) is 0 Å². The molecule has 5 nitrogen and oxygen atoms in total. The molecule has 7 aromatic rings. The van der Waals surface area contributed by atoms with Crippen LogP contribution in [0.1, 0.15) is 33.4 Å². The summed E-state index contributed by atoms with van der Waals surface area (Å²) in [6, 6.07) is 57.0. The molecule has 6 heteroatoms. The summed E-state index contributed by atoms with van der Waals surface area (Å²) in [6.07, 6.45) is 5.45. The Hall–Kier alpha value is -6.82. The Kier molecular flexibility index (Phi) is 12.1. The smallest absolute Gasteiger partial charge is 0.119 e. The summed E-state index contributed by atoms with van der Waals surface area (Å²) in [7, 11) is 0. The average molecular weight is 752 g/mol. The second-order valence-electron chi connectivity index (χ2n) is 13.2. The molecule has 56 heavy (non-hydrogen) atoms. The molecule has 0 aliphatic carbocycles. The highest BCUT2D eigenvalue weighted by atomic mass is 35.5. The van der Waals surface area contributed by atoms with Crippen molar-refractivity contribution in [3.63, 3.8) is 0 Å². The van der Waals surface area contributed by atoms with Crippen molar-refractivity contribution in [2.75, 3.05) is 9.91 Å². The van der Waals surface area contributed by atoms with Gasteiger partial charge < -0.3 is 14.4 Å². The molecule has 0 amide bonds. The highest BCUT2D eigenvalue weighted by Crippen LogP contribution is 2.37. The molecule has 0 radical (unpaired) electrons. The van der Waals surface area contributed by atoms with E-state index >= 15 is 0 Å². The number of halogens is 1. The zero-order valence-electron chi connectivity index (χ0n) is 31.3. The Bertz CT molecular complexity index is 2290. The lowest BCUT2D eigenvalue weighted by Gasteiger charge is -2.26. The van der Waals surface area contributed by atoms with Gasteiger partial charge >= 0.3 is 0 Å². The molecule has 0 spiro atoms. The van der Waals surface area contributed by atoms with Gasteiger partial charge in [0.1, 0.15) is 24.7 Å². The van der Waals surface area contributed by atoms with E-state index in [1.165, 1.54) is 5.56 Å². The van der Waals surface area contributed by atoms with Gasteiger partial charge in [-0.15, -0.1) is 0 Å². The van der Waals surface area contributed by atoms with Crippen LogP contribution in [-0.2, 0) is 13.2 Å². The molecule has 7 rings (SSSR count). The van der Waals surface area contributed by atoms with Gasteiger partial charge in [-0.05, 0) is 120 Å². The van der Waals surface area contributed by atoms with Crippen molar-refractivity contribution < 1.29 is 9.47 Å². The predicted molar refractivity (Wildman–Crippen MR) is 235 cm³/mol. The van der Waals surface area contributed by atoms with Crippen LogP contribution in [0.4, 0.5) is 28.4 Å². The number of ether oxygens (including phenoxy) is 2. The van der Waals surface area contributed by atoms with Gasteiger partial charge in [0.05, 0.1) is 22.6 Å². The fourth-order valence-corrected chi connectivity index (χ4v) is 6.30. The van der Waals surface area contributed by atoms with Gasteiger partial charge in [-0.1, -0.05) is 121 Å². The van der Waals surface area contributed by atoms with Gasteiger partial charge in [0.25, 0.3) is 0 Å². The van der Waals surface area contributed by atoms with Gasteiger partial charge in [0.2, 0.25) is 0 Å². The summed E-state index contributed by atoms with van der Waals surface area (Å²) < 4.78 is 12.1. The first kappa shape index (κ1) is 37.5. The number of anilines is 5. The van der Waals surface area contributed by atoms with E-state index in [-0.39, 0.29) is 0 Å². The van der Waals surface area contributed by atoms with E-state index in [2.05, 4.69) is 104 Å². The van der Waals surface area contributed by atoms with Crippen molar-refractivity contribution in [2.45, 2.75) is 20.1 Å². The van der Waals surface area contributed by atoms with E-state index in [4.69, 9.17) is 26.2 Å². The maximum Gasteiger partial charge on any atom is 0.119 e. The second-order valence-corrected chi connectivity index (χ2v) is 13.6. The Morgan fingerprint density at radius 2 is 1.00 bits per heavy atom. The molecular formula is C50H42ClN3O2. The fraction of sp³-hybridized carbons (Fsp3) is 0.0600. The van der Waals surface area contributed by atoms with Crippen LogP contribution in [0.15, 0.2) is 188 Å². The molecule has 0 saturated heterocycles. The van der Waals surface area contributed by atoms with E-state index in [9.17, 15) is 0 Å². The normalized spacial score (nSPS) is 10.9. The summed E-state index contributed by atoms with van der Waals surface area (Å²) >= 11 is 7.05. The van der Waals surface area contributed by atoms with Crippen LogP contribution < -0.4 is 19.4 Å². The monoisotopic (exact) mass is 751 g/mol. The fourth-order valence-electron chi connectivity index (χ4n) is 6.08. The molecule has 276 valence electrons. The topological polar surface area (TPSA) is 37.3 Å². The molecule has 0 aliphatic heterocycles. The number of para-hydroxylation sites is 1. The van der Waals surface area contributed by atoms with E-state index in [0.29, 0.717) is 18.2 Å². The number of hydrogen-bond donors (Lipinski definition) is 0. The first-order chi connectivity index (χ1) is 27.4. The highest BCUT2D eigenvalue weighted by molar-refractivity contribution is 6.33. The molecule has 0 unspecified atom stereocenters. The van der Waals surface area contributed by atoms with Gasteiger partial charge in [0.15, 0.2) is 0 Å². The van der Waals surface area contributed by atoms with E-state index in [1.54, 1.807) is 0 Å². The lowest BCUT2D eigenvalue weighted by Crippen LogP contribution is -2.11. The van der Waals surface area contributed by atoms with E-state index in [0.717, 1.165) is 67.8 Å². The van der Waals surface area contributed by atoms with Crippen molar-refractivity contribution in [3.05, 3.63) is 221 Å². The predicted octanol–water partition coefficient (Wildman–Crippen LogP) is 13.7. The molecule has 0 aliphatic rings. The molecule has 0 bridgehead atoms. The molecule has 0 N–H and O–H groups in total. The maximum absolute atomic E-state index is 7.05. The first-order valence-electron chi connectivity index (χ1n) is 18.4. The number of aryl methyl sites for hydroxylation is 1. The highest BCUT2D eigenvalue weighted by Gasteiger charge is 2.15. The third-order valence-electron chi connectivity index (χ3n) is 9.27. The second kappa shape index (κ2) is 18.0. The minimum Gasteiger partial charge on any atom is -0.489 e. The van der Waals surface area contributed by atoms with Gasteiger partial charge in [0, 0.05) is 22.6 Å². The van der Waals surface area contributed by atoms with Crippen LogP contribution in [0.25, 0.3) is 12.2 Å². The molecule has 0 aromatic heterocycles. The van der Waals surface area contributed by atoms with Crippen molar-refractivity contribution in [2.24, 2.45) is 5.10 Å². The zero-order valence-corrected chi connectivity index (χ0v) is 32.0. The molecular weight excluding hydrogens is 710 g/mol. The van der Waals surface area contributed by atoms with Crippen LogP contribution in [0.2, 0.25) is 5.02 Å². The average Bonchev–Trinajstić information content (AvgIpc) is 3.25. The third-order valence-corrected chi connectivity index (χ3v) is 9.59. The number of nitrogens with zero attached hydrogens (tertiary/aromatic N) is 3. The van der Waals surface area contributed by atoms with Crippen molar-refractivity contribution in [1.82, 2.24) is 0 Å². The quantitative estimate of drug-likeness (QED) is 0.0772. The summed E-state index contributed by atoms with van der Waals surface area (Å²) in [4.78, 5) is 2.19. The molecule has 0 heterocycles. The van der Waals surface area contributed by atoms with Crippen LogP contribution in [0.5, 0.6) is 11.5 Å². The Morgan fingerprint density at radius 1 is 0.536 bits per heavy atom. The minimum atomic E-state index is 0.446. The number of hydrogen-bond acceptors (Lipinski definition) is 5. The molecule has 0 saturated carbocycles. The summed E-state index contributed by atoms with van der Waals surface area (Å²) in [5.74, 6) is 1.62. The summed E-state index contributed by atoms with van der Waals surface area (Å²) in [6.45, 7) is 10.6. The van der Waals surface area contributed by atoms with Crippen molar-refractivity contribution in [3.8, 4) is 11.5 Å². The maximum atomic E-state index is 7.05. The Morgan fingerprint density at radius 3 is 1.48 bits per heavy atom. The third kappa shape index (κ3) is 9.45. The van der Waals surface area contributed by atoms with E-state index in [1.807, 2.05) is 114 Å². The van der Waals surface area contributed by atoms with Gasteiger partial charge in [-0.2, -0.15) is 5.10 Å². The van der Waals surface area contributed by atoms with Crippen molar-refractivity contribution >= 4 is 58.4 Å². The SMILES string of the molecule is C=Cc1ccc(OCc2ccc(N(c3ccc(COc4ccc(C=C)cc4)cc3)c3ccc(C=NN(c4ccccc4)c4ccc(C)cc4)c(Cl)c3)cc2)cc1. The van der Waals surface area contributed by atoms with Crippen molar-refractivity contribution in [1.29, 1.82) is 0 Å². The lowest BCUT2D eigenvalue weighted by molar-refractivity contribution is 0.306. The number of hydrazone groups is 1. The first-order valence-corrected chi connectivity index (χ1v) is 18.8. The number of benzene rings is 7. The molecule has 0 fully saturated rings. The van der Waals surface area contributed by atoms with Crippen LogP contribution >= 0.6 is 11.6 Å². The molecule has 7 aromatic carbocycles. The van der Waals surface area contributed by atoms with Gasteiger partial charge in [-0.25, -0.2) is 5.01 Å². The van der Waals surface area contributed by atoms with Gasteiger partial charge in [-0.3, -0.25) is 0 Å². The van der Waals surface area contributed by atoms with Crippen LogP contribution in [0, 0.1) is 6.92 Å². The standard InChI is InChI=1S/C50H42ClN3O2/c1-4-38-17-29-48(30-18-38)55-35-40-13-24-43(25-14-40)53(44-26-15-41(16-27-44)36-56-49-31-19-39(5-2)20-32-49)47-28-21-42(50(51)33-47)34-52-54(45-9-7-6-8-10-45)46-22-11-37(3)12-23-46/h4-34H,1-2,35-36H2,3H3. The minimum absolute atomic E-state index is 0.446. The molecule has 0 atom stereocenters. The largest absolute Gasteiger partial charge is 0.489 e. The summed E-state index contributed by atoms with van der Waals surface area (Å²) in [5.41, 5.74) is 11.0. The Balaban J connectivity index is 1.15. The number of rotatable bonds is 15. The van der Waals surface area contributed by atoms with E-state index < -0.39 is 0 Å². The Labute approximate surface area is 334 Å². The summed E-state index contributed by atoms with van der Waals surface area (Å²) in [5, 5.41) is 7.40. The van der Waals surface area contributed by atoms with Crippen LogP contribution in [-0.4, -0.2) is 6.21 Å².